The average molecular weight is 329 g/mol. The second-order valence-electron chi connectivity index (χ2n) is 4.04. The van der Waals surface area contributed by atoms with Crippen LogP contribution in [0.1, 0.15) is 17.2 Å². The molecule has 0 aromatic heterocycles. The Kier molecular flexibility index (Phi) is 4.38. The van der Waals surface area contributed by atoms with E-state index in [0.717, 1.165) is 10.0 Å². The number of nitrogens with two attached hydrogens (primary N) is 1. The van der Waals surface area contributed by atoms with Gasteiger partial charge in [-0.1, -0.05) is 51.8 Å². The van der Waals surface area contributed by atoms with E-state index in [1.807, 2.05) is 24.3 Å². The maximum atomic E-state index is 13.7. The lowest BCUT2D eigenvalue weighted by atomic mass is 9.99. The van der Waals surface area contributed by atoms with Gasteiger partial charge in [-0.15, -0.1) is 0 Å². The van der Waals surface area contributed by atoms with E-state index in [4.69, 9.17) is 17.3 Å². The van der Waals surface area contributed by atoms with Crippen LogP contribution in [0.2, 0.25) is 5.02 Å². The molecular weight excluding hydrogens is 317 g/mol. The van der Waals surface area contributed by atoms with Gasteiger partial charge in [-0.2, -0.15) is 0 Å². The lowest BCUT2D eigenvalue weighted by Gasteiger charge is -2.15. The van der Waals surface area contributed by atoms with Gasteiger partial charge >= 0.3 is 0 Å². The molecule has 2 rings (SSSR count). The molecule has 0 aliphatic heterocycles. The fourth-order valence-electron chi connectivity index (χ4n) is 1.87. The summed E-state index contributed by atoms with van der Waals surface area (Å²) in [7, 11) is 0. The number of hydrogen-bond acceptors (Lipinski definition) is 1. The smallest absolute Gasteiger partial charge is 0.129 e. The van der Waals surface area contributed by atoms with Crippen LogP contribution in [0.5, 0.6) is 0 Å². The number of halogens is 3. The average Bonchev–Trinajstić information content (AvgIpc) is 2.32. The van der Waals surface area contributed by atoms with Gasteiger partial charge in [0, 0.05) is 21.1 Å². The molecule has 2 aromatic carbocycles. The molecule has 2 N–H and O–H groups in total. The molecule has 1 atom stereocenters. The minimum Gasteiger partial charge on any atom is -0.324 e. The highest BCUT2D eigenvalue weighted by Crippen LogP contribution is 2.28. The topological polar surface area (TPSA) is 26.0 Å². The van der Waals surface area contributed by atoms with Gasteiger partial charge in [0.05, 0.1) is 0 Å². The predicted octanol–water partition coefficient (Wildman–Crippen LogP) is 4.48. The minimum absolute atomic E-state index is 0.359. The third-order valence-corrected chi connectivity index (χ3v) is 3.87. The van der Waals surface area contributed by atoms with Crippen LogP contribution in [0, 0.1) is 5.82 Å². The van der Waals surface area contributed by atoms with Crippen molar-refractivity contribution in [3.63, 3.8) is 0 Å². The van der Waals surface area contributed by atoms with Gasteiger partial charge in [-0.3, -0.25) is 0 Å². The molecule has 18 heavy (non-hydrogen) atoms. The number of benzene rings is 2. The third kappa shape index (κ3) is 2.91. The van der Waals surface area contributed by atoms with Gasteiger partial charge in [0.2, 0.25) is 0 Å². The zero-order valence-corrected chi connectivity index (χ0v) is 11.9. The summed E-state index contributed by atoms with van der Waals surface area (Å²) in [6.07, 6.45) is 0.530. The van der Waals surface area contributed by atoms with Crippen LogP contribution >= 0.6 is 27.5 Å². The second-order valence-corrected chi connectivity index (χ2v) is 5.30. The molecule has 2 aromatic rings. The van der Waals surface area contributed by atoms with Gasteiger partial charge in [-0.05, 0) is 30.2 Å². The minimum atomic E-state index is -0.461. The Labute approximate surface area is 119 Å². The van der Waals surface area contributed by atoms with E-state index < -0.39 is 6.04 Å². The molecule has 0 radical (unpaired) electrons. The molecule has 0 aliphatic carbocycles. The van der Waals surface area contributed by atoms with Crippen molar-refractivity contribution in [3.8, 4) is 0 Å². The van der Waals surface area contributed by atoms with Crippen LogP contribution in [0.4, 0.5) is 4.39 Å². The third-order valence-electron chi connectivity index (χ3n) is 2.77. The van der Waals surface area contributed by atoms with E-state index in [-0.39, 0.29) is 5.82 Å². The highest BCUT2D eigenvalue weighted by Gasteiger charge is 2.16. The zero-order chi connectivity index (χ0) is 13.1. The predicted molar refractivity (Wildman–Crippen MR) is 76.2 cm³/mol. The summed E-state index contributed by atoms with van der Waals surface area (Å²) < 4.78 is 14.7. The summed E-state index contributed by atoms with van der Waals surface area (Å²) in [5.74, 6) is -0.359. The maximum absolute atomic E-state index is 13.7. The summed E-state index contributed by atoms with van der Waals surface area (Å²) in [5.41, 5.74) is 7.45. The van der Waals surface area contributed by atoms with E-state index in [9.17, 15) is 4.39 Å². The van der Waals surface area contributed by atoms with Gasteiger partial charge in [-0.25, -0.2) is 4.39 Å². The van der Waals surface area contributed by atoms with Crippen LogP contribution in [-0.4, -0.2) is 0 Å². The standard InChI is InChI=1S/C14H12BrClFN/c15-10-5-2-1-4-9(10)8-13(18)14-11(16)6-3-7-12(14)17/h1-7,13H,8,18H2. The first-order valence-corrected chi connectivity index (χ1v) is 6.69. The molecule has 0 heterocycles. The van der Waals surface area contributed by atoms with E-state index in [1.165, 1.54) is 6.07 Å². The van der Waals surface area contributed by atoms with Crippen molar-refractivity contribution in [3.05, 3.63) is 68.9 Å². The van der Waals surface area contributed by atoms with E-state index in [1.54, 1.807) is 12.1 Å². The SMILES string of the molecule is NC(Cc1ccccc1Br)c1c(F)cccc1Cl. The molecule has 4 heteroatoms. The Morgan fingerprint density at radius 2 is 1.89 bits per heavy atom. The van der Waals surface area contributed by atoms with Crippen molar-refractivity contribution in [1.29, 1.82) is 0 Å². The van der Waals surface area contributed by atoms with Gasteiger partial charge in [0.15, 0.2) is 0 Å². The van der Waals surface area contributed by atoms with Crippen molar-refractivity contribution in [2.45, 2.75) is 12.5 Å². The normalized spacial score (nSPS) is 12.4. The molecule has 94 valence electrons. The number of hydrogen-bond donors (Lipinski definition) is 1. The molecule has 0 saturated heterocycles. The highest BCUT2D eigenvalue weighted by molar-refractivity contribution is 9.10. The molecule has 0 aliphatic rings. The van der Waals surface area contributed by atoms with Gasteiger partial charge in [0.1, 0.15) is 5.82 Å². The first-order valence-electron chi connectivity index (χ1n) is 5.52. The van der Waals surface area contributed by atoms with Crippen LogP contribution in [0.25, 0.3) is 0 Å². The molecule has 0 spiro atoms. The van der Waals surface area contributed by atoms with Gasteiger partial charge < -0.3 is 5.73 Å². The Balaban J connectivity index is 2.28. The summed E-state index contributed by atoms with van der Waals surface area (Å²) >= 11 is 9.45. The lowest BCUT2D eigenvalue weighted by Crippen LogP contribution is -2.15. The van der Waals surface area contributed by atoms with Crippen molar-refractivity contribution in [1.82, 2.24) is 0 Å². The molecule has 1 nitrogen and oxygen atoms in total. The van der Waals surface area contributed by atoms with Crippen molar-refractivity contribution in [2.75, 3.05) is 0 Å². The Morgan fingerprint density at radius 1 is 1.17 bits per heavy atom. The summed E-state index contributed by atoms with van der Waals surface area (Å²) in [4.78, 5) is 0. The maximum Gasteiger partial charge on any atom is 0.129 e. The zero-order valence-electron chi connectivity index (χ0n) is 9.54. The van der Waals surface area contributed by atoms with Crippen molar-refractivity contribution >= 4 is 27.5 Å². The largest absolute Gasteiger partial charge is 0.324 e. The van der Waals surface area contributed by atoms with Crippen LogP contribution in [0.15, 0.2) is 46.9 Å². The lowest BCUT2D eigenvalue weighted by molar-refractivity contribution is 0.580. The summed E-state index contributed by atoms with van der Waals surface area (Å²) in [6, 6.07) is 11.9. The van der Waals surface area contributed by atoms with Crippen LogP contribution < -0.4 is 5.73 Å². The second kappa shape index (κ2) is 5.83. The fraction of sp³-hybridized carbons (Fsp3) is 0.143. The number of rotatable bonds is 3. The first-order chi connectivity index (χ1) is 8.59. The van der Waals surface area contributed by atoms with Gasteiger partial charge in [0.25, 0.3) is 0 Å². The van der Waals surface area contributed by atoms with E-state index in [0.29, 0.717) is 17.0 Å². The van der Waals surface area contributed by atoms with E-state index in [2.05, 4.69) is 15.9 Å². The highest BCUT2D eigenvalue weighted by atomic mass is 79.9. The molecule has 1 unspecified atom stereocenters. The van der Waals surface area contributed by atoms with Crippen molar-refractivity contribution < 1.29 is 4.39 Å². The Hall–Kier alpha value is -0.900. The van der Waals surface area contributed by atoms with Crippen molar-refractivity contribution in [2.24, 2.45) is 5.73 Å². The van der Waals surface area contributed by atoms with Crippen LogP contribution in [0.3, 0.4) is 0 Å². The molecule has 0 saturated carbocycles. The monoisotopic (exact) mass is 327 g/mol. The van der Waals surface area contributed by atoms with E-state index >= 15 is 0 Å². The first kappa shape index (κ1) is 13.5. The Bertz CT molecular complexity index is 539. The van der Waals surface area contributed by atoms with Crippen LogP contribution in [-0.2, 0) is 6.42 Å². The molecular formula is C14H12BrClFN. The molecule has 0 amide bonds. The fourth-order valence-corrected chi connectivity index (χ4v) is 2.62. The molecule has 0 bridgehead atoms. The quantitative estimate of drug-likeness (QED) is 0.883. The Morgan fingerprint density at radius 3 is 2.56 bits per heavy atom. The summed E-state index contributed by atoms with van der Waals surface area (Å²) in [6.45, 7) is 0. The molecule has 0 fully saturated rings. The summed E-state index contributed by atoms with van der Waals surface area (Å²) in [5, 5.41) is 0.370.